The van der Waals surface area contributed by atoms with Gasteiger partial charge >= 0.3 is 0 Å². The highest BCUT2D eigenvalue weighted by Crippen LogP contribution is 2.17. The van der Waals surface area contributed by atoms with Gasteiger partial charge in [-0.05, 0) is 42.8 Å². The zero-order chi connectivity index (χ0) is 14.5. The first-order valence-corrected chi connectivity index (χ1v) is 6.38. The summed E-state index contributed by atoms with van der Waals surface area (Å²) in [6, 6.07) is 14.5. The van der Waals surface area contributed by atoms with Crippen molar-refractivity contribution in [2.45, 2.75) is 6.92 Å². The topological polar surface area (TPSA) is 40.5 Å². The monoisotopic (exact) mass is 267 g/mol. The molecule has 20 heavy (non-hydrogen) atoms. The summed E-state index contributed by atoms with van der Waals surface area (Å²) >= 11 is 0. The molecule has 0 bridgehead atoms. The second kappa shape index (κ2) is 6.06. The Morgan fingerprint density at radius 1 is 1.05 bits per heavy atom. The summed E-state index contributed by atoms with van der Waals surface area (Å²) in [6.45, 7) is 2.03. The number of carbonyl (C=O) groups excluding carboxylic acids is 1. The Hall–Kier alpha value is -2.55. The van der Waals surface area contributed by atoms with Crippen LogP contribution in [-0.4, -0.2) is 18.1 Å². The number of rotatable bonds is 3. The van der Waals surface area contributed by atoms with E-state index in [-0.39, 0.29) is 11.7 Å². The van der Waals surface area contributed by atoms with Crippen molar-refractivity contribution in [3.8, 4) is 5.75 Å². The van der Waals surface area contributed by atoms with Crippen LogP contribution < -0.4 is 4.90 Å². The molecule has 2 rings (SSSR count). The Labute approximate surface area is 118 Å². The van der Waals surface area contributed by atoms with Gasteiger partial charge in [-0.15, -0.1) is 0 Å². The van der Waals surface area contributed by atoms with Crippen molar-refractivity contribution in [1.82, 2.24) is 0 Å². The molecule has 3 nitrogen and oxygen atoms in total. The SMILES string of the molecule is Cc1ccc(/C=C/C(=O)N(C)c2ccc(O)cc2)cc1. The van der Waals surface area contributed by atoms with Crippen LogP contribution in [0, 0.1) is 6.92 Å². The van der Waals surface area contributed by atoms with E-state index in [1.807, 2.05) is 31.2 Å². The van der Waals surface area contributed by atoms with Crippen LogP contribution in [0.1, 0.15) is 11.1 Å². The van der Waals surface area contributed by atoms with E-state index < -0.39 is 0 Å². The van der Waals surface area contributed by atoms with Gasteiger partial charge in [0.15, 0.2) is 0 Å². The lowest BCUT2D eigenvalue weighted by molar-refractivity contribution is -0.113. The number of hydrogen-bond acceptors (Lipinski definition) is 2. The third kappa shape index (κ3) is 3.48. The molecule has 3 heteroatoms. The number of aryl methyl sites for hydroxylation is 1. The first-order chi connectivity index (χ1) is 9.56. The molecule has 1 amide bonds. The smallest absolute Gasteiger partial charge is 0.250 e. The van der Waals surface area contributed by atoms with E-state index in [4.69, 9.17) is 0 Å². The first-order valence-electron chi connectivity index (χ1n) is 6.38. The Bertz CT molecular complexity index is 612. The summed E-state index contributed by atoms with van der Waals surface area (Å²) in [4.78, 5) is 13.6. The minimum absolute atomic E-state index is 0.115. The quantitative estimate of drug-likeness (QED) is 0.866. The number of amides is 1. The van der Waals surface area contributed by atoms with Crippen molar-refractivity contribution < 1.29 is 9.90 Å². The number of phenolic OH excluding ortho intramolecular Hbond substituents is 1. The lowest BCUT2D eigenvalue weighted by Gasteiger charge is -2.15. The molecular formula is C17H17NO2. The number of nitrogens with zero attached hydrogens (tertiary/aromatic N) is 1. The van der Waals surface area contributed by atoms with Crippen molar-refractivity contribution in [3.63, 3.8) is 0 Å². The number of benzene rings is 2. The van der Waals surface area contributed by atoms with Gasteiger partial charge in [0.2, 0.25) is 0 Å². The molecule has 0 saturated carbocycles. The average molecular weight is 267 g/mol. The molecule has 0 aromatic heterocycles. The Morgan fingerprint density at radius 2 is 1.65 bits per heavy atom. The van der Waals surface area contributed by atoms with Gasteiger partial charge in [-0.3, -0.25) is 4.79 Å². The van der Waals surface area contributed by atoms with Gasteiger partial charge in [0.25, 0.3) is 5.91 Å². The van der Waals surface area contributed by atoms with Gasteiger partial charge in [-0.1, -0.05) is 29.8 Å². The normalized spacial score (nSPS) is 10.7. The number of hydrogen-bond donors (Lipinski definition) is 1. The van der Waals surface area contributed by atoms with Crippen LogP contribution in [-0.2, 0) is 4.79 Å². The van der Waals surface area contributed by atoms with Crippen molar-refractivity contribution >= 4 is 17.7 Å². The van der Waals surface area contributed by atoms with E-state index >= 15 is 0 Å². The molecule has 0 atom stereocenters. The standard InChI is InChI=1S/C17H17NO2/c1-13-3-5-14(6-4-13)7-12-17(20)18(2)15-8-10-16(19)11-9-15/h3-12,19H,1-2H3/b12-7+. The van der Waals surface area contributed by atoms with Gasteiger partial charge < -0.3 is 10.0 Å². The van der Waals surface area contributed by atoms with Gasteiger partial charge in [-0.2, -0.15) is 0 Å². The maximum absolute atomic E-state index is 12.0. The van der Waals surface area contributed by atoms with Crippen LogP contribution >= 0.6 is 0 Å². The van der Waals surface area contributed by atoms with Crippen LogP contribution in [0.2, 0.25) is 0 Å². The van der Waals surface area contributed by atoms with Crippen LogP contribution in [0.3, 0.4) is 0 Å². The number of aromatic hydroxyl groups is 1. The summed E-state index contributed by atoms with van der Waals surface area (Å²) in [5.41, 5.74) is 2.92. The third-order valence-corrected chi connectivity index (χ3v) is 3.06. The van der Waals surface area contributed by atoms with Crippen LogP contribution in [0.5, 0.6) is 5.75 Å². The van der Waals surface area contributed by atoms with Crippen molar-refractivity contribution in [3.05, 3.63) is 65.7 Å². The van der Waals surface area contributed by atoms with Crippen molar-refractivity contribution in [2.24, 2.45) is 0 Å². The first kappa shape index (κ1) is 13.9. The molecule has 1 N–H and O–H groups in total. The average Bonchev–Trinajstić information content (AvgIpc) is 2.46. The van der Waals surface area contributed by atoms with Gasteiger partial charge in [-0.25, -0.2) is 0 Å². The molecule has 102 valence electrons. The summed E-state index contributed by atoms with van der Waals surface area (Å²) in [6.07, 6.45) is 3.33. The van der Waals surface area contributed by atoms with E-state index in [0.717, 1.165) is 11.3 Å². The molecule has 2 aromatic rings. The summed E-state index contributed by atoms with van der Waals surface area (Å²) in [7, 11) is 1.70. The number of anilines is 1. The molecule has 0 unspecified atom stereocenters. The van der Waals surface area contributed by atoms with E-state index in [2.05, 4.69) is 0 Å². The number of likely N-dealkylation sites (N-methyl/N-ethyl adjacent to an activating group) is 1. The minimum atomic E-state index is -0.115. The molecule has 0 fully saturated rings. The number of phenols is 1. The molecule has 0 heterocycles. The van der Waals surface area contributed by atoms with Crippen LogP contribution in [0.15, 0.2) is 54.6 Å². The highest BCUT2D eigenvalue weighted by atomic mass is 16.3. The number of carbonyl (C=O) groups is 1. The largest absolute Gasteiger partial charge is 0.508 e. The van der Waals surface area contributed by atoms with E-state index in [1.54, 1.807) is 37.4 Å². The molecule has 0 aliphatic rings. The van der Waals surface area contributed by atoms with Gasteiger partial charge in [0, 0.05) is 18.8 Å². The second-order valence-electron chi connectivity index (χ2n) is 4.66. The van der Waals surface area contributed by atoms with Crippen molar-refractivity contribution in [1.29, 1.82) is 0 Å². The van der Waals surface area contributed by atoms with Crippen LogP contribution in [0.4, 0.5) is 5.69 Å². The van der Waals surface area contributed by atoms with E-state index in [0.29, 0.717) is 0 Å². The van der Waals surface area contributed by atoms with Crippen molar-refractivity contribution in [2.75, 3.05) is 11.9 Å². The fourth-order valence-corrected chi connectivity index (χ4v) is 1.76. The molecule has 0 radical (unpaired) electrons. The summed E-state index contributed by atoms with van der Waals surface area (Å²) in [5.74, 6) is 0.0704. The Kier molecular flexibility index (Phi) is 4.20. The summed E-state index contributed by atoms with van der Waals surface area (Å²) < 4.78 is 0. The Morgan fingerprint density at radius 3 is 2.25 bits per heavy atom. The fourth-order valence-electron chi connectivity index (χ4n) is 1.76. The lowest BCUT2D eigenvalue weighted by atomic mass is 10.1. The highest BCUT2D eigenvalue weighted by molar-refractivity contribution is 6.03. The zero-order valence-corrected chi connectivity index (χ0v) is 11.6. The predicted molar refractivity (Wildman–Crippen MR) is 81.7 cm³/mol. The lowest BCUT2D eigenvalue weighted by Crippen LogP contribution is -2.23. The molecule has 2 aromatic carbocycles. The second-order valence-corrected chi connectivity index (χ2v) is 4.66. The maximum Gasteiger partial charge on any atom is 0.250 e. The van der Waals surface area contributed by atoms with E-state index in [9.17, 15) is 9.90 Å². The van der Waals surface area contributed by atoms with Crippen LogP contribution in [0.25, 0.3) is 6.08 Å². The maximum atomic E-state index is 12.0. The molecule has 0 aliphatic carbocycles. The molecule has 0 saturated heterocycles. The van der Waals surface area contributed by atoms with Gasteiger partial charge in [0.1, 0.15) is 5.75 Å². The Balaban J connectivity index is 2.07. The predicted octanol–water partition coefficient (Wildman–Crippen LogP) is 3.38. The third-order valence-electron chi connectivity index (χ3n) is 3.06. The highest BCUT2D eigenvalue weighted by Gasteiger charge is 2.07. The molecule has 0 aliphatic heterocycles. The van der Waals surface area contributed by atoms with Gasteiger partial charge in [0.05, 0.1) is 0 Å². The minimum Gasteiger partial charge on any atom is -0.508 e. The molecular weight excluding hydrogens is 250 g/mol. The molecule has 0 spiro atoms. The fraction of sp³-hybridized carbons (Fsp3) is 0.118. The summed E-state index contributed by atoms with van der Waals surface area (Å²) in [5, 5.41) is 9.23. The zero-order valence-electron chi connectivity index (χ0n) is 11.6. The van der Waals surface area contributed by atoms with E-state index in [1.165, 1.54) is 16.5 Å².